The van der Waals surface area contributed by atoms with E-state index in [4.69, 9.17) is 4.74 Å². The van der Waals surface area contributed by atoms with Crippen LogP contribution in [0.15, 0.2) is 78.9 Å². The van der Waals surface area contributed by atoms with Gasteiger partial charge >= 0.3 is 5.97 Å². The van der Waals surface area contributed by atoms with E-state index in [0.29, 0.717) is 12.4 Å². The van der Waals surface area contributed by atoms with E-state index in [9.17, 15) is 4.79 Å². The molecule has 7 heteroatoms. The Kier molecular flexibility index (Phi) is 7.22. The van der Waals surface area contributed by atoms with E-state index in [1.165, 1.54) is 0 Å². The molecule has 0 amide bonds. The van der Waals surface area contributed by atoms with Gasteiger partial charge in [0.15, 0.2) is 0 Å². The van der Waals surface area contributed by atoms with Crippen LogP contribution in [0.5, 0.6) is 0 Å². The standard InChI is InChI=1S/C26H27N5O2/c1-18(2)24(26(32)33-17-20-7-4-3-5-8-20)27-16-19-11-13-21(14-12-19)22-9-6-10-23(15-22)25-28-30-31-29-25/h3-15,18,24,27H,16-17H2,1-2H3,(H,28,29,30,31). The fourth-order valence-corrected chi connectivity index (χ4v) is 3.57. The lowest BCUT2D eigenvalue weighted by molar-refractivity contribution is -0.148. The van der Waals surface area contributed by atoms with E-state index in [1.54, 1.807) is 0 Å². The number of hydrogen-bond donors (Lipinski definition) is 2. The molecule has 7 nitrogen and oxygen atoms in total. The van der Waals surface area contributed by atoms with Crippen molar-refractivity contribution in [2.24, 2.45) is 5.92 Å². The smallest absolute Gasteiger partial charge is 0.323 e. The highest BCUT2D eigenvalue weighted by Gasteiger charge is 2.23. The lowest BCUT2D eigenvalue weighted by Gasteiger charge is -2.21. The van der Waals surface area contributed by atoms with E-state index >= 15 is 0 Å². The molecular weight excluding hydrogens is 414 g/mol. The van der Waals surface area contributed by atoms with Gasteiger partial charge in [-0.05, 0) is 39.5 Å². The molecule has 0 aliphatic carbocycles. The van der Waals surface area contributed by atoms with Gasteiger partial charge in [0.1, 0.15) is 12.6 Å². The normalized spacial score (nSPS) is 12.0. The zero-order valence-electron chi connectivity index (χ0n) is 18.7. The average Bonchev–Trinajstić information content (AvgIpc) is 3.39. The number of nitrogens with one attached hydrogen (secondary N) is 2. The first-order valence-electron chi connectivity index (χ1n) is 11.0. The molecule has 0 saturated carbocycles. The number of aromatic nitrogens is 4. The minimum absolute atomic E-state index is 0.112. The molecule has 4 rings (SSSR count). The molecule has 168 valence electrons. The van der Waals surface area contributed by atoms with E-state index in [2.05, 4.69) is 50.2 Å². The fraction of sp³-hybridized carbons (Fsp3) is 0.231. The van der Waals surface area contributed by atoms with Gasteiger partial charge in [0.2, 0.25) is 5.82 Å². The first-order valence-corrected chi connectivity index (χ1v) is 11.0. The van der Waals surface area contributed by atoms with Gasteiger partial charge in [-0.15, -0.1) is 10.2 Å². The van der Waals surface area contributed by atoms with E-state index in [-0.39, 0.29) is 24.5 Å². The number of rotatable bonds is 9. The zero-order valence-corrected chi connectivity index (χ0v) is 18.7. The molecule has 0 aliphatic rings. The van der Waals surface area contributed by atoms with Gasteiger partial charge in [-0.2, -0.15) is 5.21 Å². The molecule has 2 N–H and O–H groups in total. The van der Waals surface area contributed by atoms with Crippen molar-refractivity contribution in [1.29, 1.82) is 0 Å². The van der Waals surface area contributed by atoms with Gasteiger partial charge in [0.05, 0.1) is 0 Å². The monoisotopic (exact) mass is 441 g/mol. The Bertz CT molecular complexity index is 1160. The molecule has 1 aromatic heterocycles. The summed E-state index contributed by atoms with van der Waals surface area (Å²) in [5.41, 5.74) is 5.14. The molecule has 0 radical (unpaired) electrons. The van der Waals surface area contributed by atoms with Crippen molar-refractivity contribution >= 4 is 5.97 Å². The Morgan fingerprint density at radius 2 is 1.67 bits per heavy atom. The summed E-state index contributed by atoms with van der Waals surface area (Å²) in [4.78, 5) is 12.6. The number of esters is 1. The SMILES string of the molecule is CC(C)C(NCc1ccc(-c2cccc(-c3nn[nH]n3)c2)cc1)C(=O)OCc1ccccc1. The largest absolute Gasteiger partial charge is 0.460 e. The predicted octanol–water partition coefficient (Wildman–Crippen LogP) is 4.39. The summed E-state index contributed by atoms with van der Waals surface area (Å²) < 4.78 is 5.54. The number of nitrogens with zero attached hydrogens (tertiary/aromatic N) is 3. The molecule has 1 atom stereocenters. The van der Waals surface area contributed by atoms with Gasteiger partial charge in [0, 0.05) is 12.1 Å². The van der Waals surface area contributed by atoms with Crippen molar-refractivity contribution in [3.05, 3.63) is 90.0 Å². The highest BCUT2D eigenvalue weighted by atomic mass is 16.5. The number of carbonyl (C=O) groups is 1. The van der Waals surface area contributed by atoms with Gasteiger partial charge in [0.25, 0.3) is 0 Å². The summed E-state index contributed by atoms with van der Waals surface area (Å²) in [6, 6.07) is 25.6. The van der Waals surface area contributed by atoms with Crippen LogP contribution in [-0.4, -0.2) is 32.6 Å². The highest BCUT2D eigenvalue weighted by Crippen LogP contribution is 2.24. The zero-order chi connectivity index (χ0) is 23.0. The Morgan fingerprint density at radius 1 is 0.909 bits per heavy atom. The number of H-pyrrole nitrogens is 1. The van der Waals surface area contributed by atoms with Crippen LogP contribution >= 0.6 is 0 Å². The van der Waals surface area contributed by atoms with Crippen LogP contribution in [0.2, 0.25) is 0 Å². The number of aromatic amines is 1. The maximum absolute atomic E-state index is 12.6. The second kappa shape index (κ2) is 10.7. The maximum Gasteiger partial charge on any atom is 0.323 e. The number of hydrogen-bond acceptors (Lipinski definition) is 6. The van der Waals surface area contributed by atoms with Crippen LogP contribution in [0, 0.1) is 5.92 Å². The molecule has 0 bridgehead atoms. The van der Waals surface area contributed by atoms with Crippen LogP contribution < -0.4 is 5.32 Å². The lowest BCUT2D eigenvalue weighted by atomic mass is 10.0. The van der Waals surface area contributed by atoms with Crippen molar-refractivity contribution in [1.82, 2.24) is 25.9 Å². The third-order valence-corrected chi connectivity index (χ3v) is 5.42. The summed E-state index contributed by atoms with van der Waals surface area (Å²) in [6.07, 6.45) is 0. The quantitative estimate of drug-likeness (QED) is 0.374. The van der Waals surface area contributed by atoms with Crippen molar-refractivity contribution in [3.8, 4) is 22.5 Å². The van der Waals surface area contributed by atoms with E-state index < -0.39 is 0 Å². The number of tetrazole rings is 1. The second-order valence-electron chi connectivity index (χ2n) is 8.21. The summed E-state index contributed by atoms with van der Waals surface area (Å²) in [5, 5.41) is 17.5. The van der Waals surface area contributed by atoms with Gasteiger partial charge in [-0.3, -0.25) is 4.79 Å². The third-order valence-electron chi connectivity index (χ3n) is 5.42. The van der Waals surface area contributed by atoms with Crippen molar-refractivity contribution in [3.63, 3.8) is 0 Å². The molecule has 1 heterocycles. The Balaban J connectivity index is 1.37. The van der Waals surface area contributed by atoms with Crippen LogP contribution in [0.3, 0.4) is 0 Å². The number of carbonyl (C=O) groups excluding carboxylic acids is 1. The molecule has 3 aromatic carbocycles. The van der Waals surface area contributed by atoms with Gasteiger partial charge < -0.3 is 10.1 Å². The second-order valence-corrected chi connectivity index (χ2v) is 8.21. The maximum atomic E-state index is 12.6. The molecule has 33 heavy (non-hydrogen) atoms. The van der Waals surface area contributed by atoms with Crippen LogP contribution in [-0.2, 0) is 22.7 Å². The summed E-state index contributed by atoms with van der Waals surface area (Å²) in [5.74, 6) is 0.445. The Hall–Kier alpha value is -3.84. The first kappa shape index (κ1) is 22.4. The molecular formula is C26H27N5O2. The molecule has 0 fully saturated rings. The summed E-state index contributed by atoms with van der Waals surface area (Å²) in [6.45, 7) is 4.89. The minimum Gasteiger partial charge on any atom is -0.460 e. The van der Waals surface area contributed by atoms with Crippen LogP contribution in [0.4, 0.5) is 0 Å². The molecule has 1 unspecified atom stereocenters. The molecule has 0 saturated heterocycles. The average molecular weight is 442 g/mol. The molecule has 0 aliphatic heterocycles. The summed E-state index contributed by atoms with van der Waals surface area (Å²) in [7, 11) is 0. The third kappa shape index (κ3) is 5.90. The van der Waals surface area contributed by atoms with Crippen molar-refractivity contribution < 1.29 is 9.53 Å². The predicted molar refractivity (Wildman–Crippen MR) is 127 cm³/mol. The Morgan fingerprint density at radius 3 is 2.36 bits per heavy atom. The molecule has 4 aromatic rings. The fourth-order valence-electron chi connectivity index (χ4n) is 3.57. The highest BCUT2D eigenvalue weighted by molar-refractivity contribution is 5.76. The minimum atomic E-state index is -0.375. The van der Waals surface area contributed by atoms with Crippen molar-refractivity contribution in [2.75, 3.05) is 0 Å². The van der Waals surface area contributed by atoms with Gasteiger partial charge in [-0.25, -0.2) is 0 Å². The van der Waals surface area contributed by atoms with Crippen LogP contribution in [0.1, 0.15) is 25.0 Å². The number of benzene rings is 3. The van der Waals surface area contributed by atoms with E-state index in [1.807, 2.05) is 68.4 Å². The summed E-state index contributed by atoms with van der Waals surface area (Å²) >= 11 is 0. The number of ether oxygens (including phenoxy) is 1. The van der Waals surface area contributed by atoms with Crippen molar-refractivity contribution in [2.45, 2.75) is 33.0 Å². The Labute approximate surface area is 193 Å². The molecule has 0 spiro atoms. The van der Waals surface area contributed by atoms with Crippen LogP contribution in [0.25, 0.3) is 22.5 Å². The lowest BCUT2D eigenvalue weighted by Crippen LogP contribution is -2.41. The topological polar surface area (TPSA) is 92.8 Å². The van der Waals surface area contributed by atoms with E-state index in [0.717, 1.165) is 27.8 Å². The first-order chi connectivity index (χ1) is 16.1. The van der Waals surface area contributed by atoms with Gasteiger partial charge in [-0.1, -0.05) is 86.6 Å².